The van der Waals surface area contributed by atoms with Gasteiger partial charge in [-0.05, 0) is 43.3 Å². The van der Waals surface area contributed by atoms with E-state index in [1.165, 1.54) is 25.1 Å². The summed E-state index contributed by atoms with van der Waals surface area (Å²) in [5, 5.41) is 0. The van der Waals surface area contributed by atoms with Gasteiger partial charge in [0.2, 0.25) is 15.9 Å². The number of nitrogens with zero attached hydrogens (tertiary/aromatic N) is 3. The van der Waals surface area contributed by atoms with Crippen LogP contribution >= 0.6 is 0 Å². The van der Waals surface area contributed by atoms with Crippen LogP contribution in [0.3, 0.4) is 0 Å². The normalized spacial score (nSPS) is 15.6. The number of methoxy groups -OCH3 is 1. The van der Waals surface area contributed by atoms with Crippen molar-refractivity contribution in [1.82, 2.24) is 4.90 Å². The number of amides is 1. The van der Waals surface area contributed by atoms with Crippen LogP contribution in [0.5, 0.6) is 5.75 Å². The highest BCUT2D eigenvalue weighted by Gasteiger charge is 2.34. The highest BCUT2D eigenvalue weighted by atomic mass is 32.2. The van der Waals surface area contributed by atoms with Crippen molar-refractivity contribution >= 4 is 27.3 Å². The van der Waals surface area contributed by atoms with Gasteiger partial charge in [-0.15, -0.1) is 0 Å². The Labute approximate surface area is 176 Å². The zero-order valence-electron chi connectivity index (χ0n) is 17.3. The molecule has 1 atom stereocenters. The second-order valence-electron chi connectivity index (χ2n) is 7.20. The predicted octanol–water partition coefficient (Wildman–Crippen LogP) is 2.34. The number of anilines is 2. The maximum Gasteiger partial charge on any atom is 0.246 e. The van der Waals surface area contributed by atoms with Gasteiger partial charge in [0, 0.05) is 31.9 Å². The average Bonchev–Trinajstić information content (AvgIpc) is 2.74. The highest BCUT2D eigenvalue weighted by Crippen LogP contribution is 2.26. The molecular formula is C21H26FN3O4S. The van der Waals surface area contributed by atoms with Crippen LogP contribution in [-0.2, 0) is 14.8 Å². The van der Waals surface area contributed by atoms with Crippen LogP contribution in [0.1, 0.15) is 6.92 Å². The Morgan fingerprint density at radius 1 is 1.07 bits per heavy atom. The van der Waals surface area contributed by atoms with Gasteiger partial charge < -0.3 is 14.5 Å². The lowest BCUT2D eigenvalue weighted by molar-refractivity contribution is -0.132. The Morgan fingerprint density at radius 2 is 1.67 bits per heavy atom. The summed E-state index contributed by atoms with van der Waals surface area (Å²) in [6, 6.07) is 12.2. The van der Waals surface area contributed by atoms with Crippen LogP contribution in [0.25, 0.3) is 0 Å². The van der Waals surface area contributed by atoms with Crippen molar-refractivity contribution in [2.24, 2.45) is 0 Å². The highest BCUT2D eigenvalue weighted by molar-refractivity contribution is 7.92. The lowest BCUT2D eigenvalue weighted by atomic mass is 10.2. The molecule has 0 aliphatic carbocycles. The quantitative estimate of drug-likeness (QED) is 0.697. The molecule has 162 valence electrons. The summed E-state index contributed by atoms with van der Waals surface area (Å²) in [6.45, 7) is 3.62. The molecule has 2 aromatic carbocycles. The molecule has 0 N–H and O–H groups in total. The number of carbonyl (C=O) groups is 1. The van der Waals surface area contributed by atoms with Gasteiger partial charge in [-0.3, -0.25) is 9.10 Å². The zero-order valence-corrected chi connectivity index (χ0v) is 18.1. The minimum absolute atomic E-state index is 0.127. The molecule has 2 aromatic rings. The van der Waals surface area contributed by atoms with Gasteiger partial charge in [0.25, 0.3) is 0 Å². The van der Waals surface area contributed by atoms with Crippen LogP contribution in [0.15, 0.2) is 48.5 Å². The summed E-state index contributed by atoms with van der Waals surface area (Å²) < 4.78 is 45.1. The Hall–Kier alpha value is -2.81. The molecule has 0 radical (unpaired) electrons. The summed E-state index contributed by atoms with van der Waals surface area (Å²) >= 11 is 0. The number of hydrogen-bond acceptors (Lipinski definition) is 5. The SMILES string of the molecule is COc1ccc(N2CCN(C(=O)[C@@H](C)N(c3ccccc3F)S(C)(=O)=O)CC2)cc1. The summed E-state index contributed by atoms with van der Waals surface area (Å²) in [5.74, 6) is -0.264. The van der Waals surface area contributed by atoms with Gasteiger partial charge in [0.1, 0.15) is 17.6 Å². The number of ether oxygens (including phenoxy) is 1. The monoisotopic (exact) mass is 435 g/mol. The summed E-state index contributed by atoms with van der Waals surface area (Å²) in [6.07, 6.45) is 0.977. The van der Waals surface area contributed by atoms with Crippen LogP contribution in [-0.4, -0.2) is 64.8 Å². The first kappa shape index (κ1) is 21.9. The van der Waals surface area contributed by atoms with E-state index in [2.05, 4.69) is 4.90 Å². The fraction of sp³-hybridized carbons (Fsp3) is 0.381. The molecule has 30 heavy (non-hydrogen) atoms. The van der Waals surface area contributed by atoms with E-state index >= 15 is 0 Å². The number of benzene rings is 2. The smallest absolute Gasteiger partial charge is 0.246 e. The van der Waals surface area contributed by atoms with Crippen molar-refractivity contribution in [2.75, 3.05) is 48.7 Å². The summed E-state index contributed by atoms with van der Waals surface area (Å²) in [4.78, 5) is 16.8. The number of hydrogen-bond donors (Lipinski definition) is 0. The molecule has 1 heterocycles. The molecule has 0 bridgehead atoms. The number of piperazine rings is 1. The molecule has 1 fully saturated rings. The van der Waals surface area contributed by atoms with Crippen molar-refractivity contribution in [3.05, 3.63) is 54.3 Å². The lowest BCUT2D eigenvalue weighted by Crippen LogP contribution is -2.55. The minimum atomic E-state index is -3.86. The van der Waals surface area contributed by atoms with Crippen molar-refractivity contribution < 1.29 is 22.3 Å². The maximum atomic E-state index is 14.3. The van der Waals surface area contributed by atoms with E-state index in [4.69, 9.17) is 4.74 Å². The van der Waals surface area contributed by atoms with E-state index in [-0.39, 0.29) is 11.6 Å². The molecule has 7 nitrogen and oxygen atoms in total. The third-order valence-corrected chi connectivity index (χ3v) is 6.41. The summed E-state index contributed by atoms with van der Waals surface area (Å²) in [5.41, 5.74) is 0.901. The lowest BCUT2D eigenvalue weighted by Gasteiger charge is -2.39. The van der Waals surface area contributed by atoms with Crippen LogP contribution < -0.4 is 13.9 Å². The first-order valence-electron chi connectivity index (χ1n) is 9.64. The Bertz CT molecular complexity index is 990. The first-order chi connectivity index (χ1) is 14.2. The van der Waals surface area contributed by atoms with Gasteiger partial charge in [-0.2, -0.15) is 0 Å². The van der Waals surface area contributed by atoms with Crippen molar-refractivity contribution in [1.29, 1.82) is 0 Å². The molecule has 9 heteroatoms. The minimum Gasteiger partial charge on any atom is -0.497 e. The fourth-order valence-corrected chi connectivity index (χ4v) is 4.82. The topological polar surface area (TPSA) is 70.2 Å². The number of halogens is 1. The second-order valence-corrected chi connectivity index (χ2v) is 9.06. The van der Waals surface area contributed by atoms with E-state index in [0.717, 1.165) is 22.0 Å². The summed E-state index contributed by atoms with van der Waals surface area (Å²) in [7, 11) is -2.25. The molecule has 1 amide bonds. The Balaban J connectivity index is 1.72. The zero-order chi connectivity index (χ0) is 21.9. The van der Waals surface area contributed by atoms with E-state index in [1.807, 2.05) is 24.3 Å². The van der Waals surface area contributed by atoms with Gasteiger partial charge in [0.15, 0.2) is 0 Å². The van der Waals surface area contributed by atoms with E-state index < -0.39 is 21.9 Å². The fourth-order valence-electron chi connectivity index (χ4n) is 3.65. The number of sulfonamides is 1. The third-order valence-electron chi connectivity index (χ3n) is 5.19. The Kier molecular flexibility index (Phi) is 6.50. The van der Waals surface area contributed by atoms with Gasteiger partial charge in [-0.25, -0.2) is 12.8 Å². The molecule has 0 aromatic heterocycles. The van der Waals surface area contributed by atoms with Crippen LogP contribution in [0.2, 0.25) is 0 Å². The number of para-hydroxylation sites is 1. The van der Waals surface area contributed by atoms with Gasteiger partial charge >= 0.3 is 0 Å². The molecular weight excluding hydrogens is 409 g/mol. The largest absolute Gasteiger partial charge is 0.497 e. The van der Waals surface area contributed by atoms with Gasteiger partial charge in [0.05, 0.1) is 19.1 Å². The first-order valence-corrected chi connectivity index (χ1v) is 11.5. The van der Waals surface area contributed by atoms with Gasteiger partial charge in [-0.1, -0.05) is 12.1 Å². The van der Waals surface area contributed by atoms with Crippen molar-refractivity contribution in [2.45, 2.75) is 13.0 Å². The molecule has 3 rings (SSSR count). The predicted molar refractivity (Wildman–Crippen MR) is 115 cm³/mol. The van der Waals surface area contributed by atoms with E-state index in [9.17, 15) is 17.6 Å². The van der Waals surface area contributed by atoms with Crippen molar-refractivity contribution in [3.8, 4) is 5.75 Å². The van der Waals surface area contributed by atoms with Crippen LogP contribution in [0.4, 0.5) is 15.8 Å². The van der Waals surface area contributed by atoms with Crippen molar-refractivity contribution in [3.63, 3.8) is 0 Å². The standard InChI is InChI=1S/C21H26FN3O4S/c1-16(25(30(3,27)28)20-7-5-4-6-19(20)22)21(26)24-14-12-23(13-15-24)17-8-10-18(29-2)11-9-17/h4-11,16H,12-15H2,1-3H3/t16-/m1/s1. The van der Waals surface area contributed by atoms with E-state index in [1.54, 1.807) is 18.1 Å². The average molecular weight is 436 g/mol. The van der Waals surface area contributed by atoms with E-state index in [0.29, 0.717) is 26.2 Å². The third kappa shape index (κ3) is 4.67. The molecule has 1 aliphatic rings. The van der Waals surface area contributed by atoms with Crippen LogP contribution in [0, 0.1) is 5.82 Å². The number of carbonyl (C=O) groups excluding carboxylic acids is 1. The maximum absolute atomic E-state index is 14.3. The second kappa shape index (κ2) is 8.91. The molecule has 0 unspecified atom stereocenters. The molecule has 1 aliphatic heterocycles. The molecule has 1 saturated heterocycles. The molecule has 0 saturated carbocycles. The molecule has 0 spiro atoms. The number of rotatable bonds is 6. The Morgan fingerprint density at radius 3 is 2.20 bits per heavy atom.